The Morgan fingerprint density at radius 2 is 0.741 bits per heavy atom. The SMILES string of the molecule is CC(=O)Nc1cc(C(=O)Nc2cn(C)c(C(=O)NCCC(=O)Nc3cc(C(=O)NCCCC(=O)Nc4cn(C)c(C(=O)Nc5cn(C)c(C(=O)NCCC(=O)Nc6cc(C(=O)NCCC(=O)NCCCN(C)C)n(C)c6)n5)n4)n(C)c3)n2)n(C)c1. The summed E-state index contributed by atoms with van der Waals surface area (Å²) in [6.07, 6.45) is 9.88. The molecule has 0 bridgehead atoms. The Bertz CT molecular complexity index is 3480. The van der Waals surface area contributed by atoms with Gasteiger partial charge in [0.1, 0.15) is 17.1 Å². The second-order valence-corrected chi connectivity index (χ2v) is 20.0. The molecule has 0 fully saturated rings. The molecule has 0 spiro atoms. The largest absolute Gasteiger partial charge is 0.356 e. The van der Waals surface area contributed by atoms with E-state index >= 15 is 0 Å². The first-order chi connectivity index (χ1) is 40.3. The zero-order chi connectivity index (χ0) is 62.1. The molecule has 0 aliphatic heterocycles. The van der Waals surface area contributed by atoms with E-state index in [0.29, 0.717) is 23.6 Å². The predicted octanol–water partition coefficient (Wildman–Crippen LogP) is 0.219. The minimum atomic E-state index is -0.692. The van der Waals surface area contributed by atoms with E-state index < -0.39 is 53.2 Å². The van der Waals surface area contributed by atoms with Crippen molar-refractivity contribution in [2.24, 2.45) is 42.3 Å². The standard InChI is InChI=1S/C53H71N21O11/c1-31(75)59-32-22-37(71(6)25-32)50(82)66-39-29-72(7)45(64-39)51(83)57-19-14-43(78)60-33-23-35(69(4)26-33)48(80)55-16-10-12-42(77)62-38-28-74(9)47(63-38)53(85)67-40-30-73(8)46(65-40)52(84)58-20-15-44(79)61-34-24-36(70(5)27-34)49(81)56-18-13-41(76)54-17-11-21-68(2)3/h22-30H,10-21H2,1-9H3,(H,54,76)(H,55,80)(H,56,81)(H,57,83)(H,58,84)(H,59,75)(H,60,78)(H,61,79)(H,62,77)(H,66,82)(H,67,85). The van der Waals surface area contributed by atoms with Gasteiger partial charge in [0, 0.05) is 145 Å². The van der Waals surface area contributed by atoms with Gasteiger partial charge in [-0.3, -0.25) is 52.7 Å². The van der Waals surface area contributed by atoms with Gasteiger partial charge in [0.2, 0.25) is 47.0 Å². The molecule has 6 heterocycles. The van der Waals surface area contributed by atoms with E-state index in [0.717, 1.165) is 13.0 Å². The van der Waals surface area contributed by atoms with E-state index in [4.69, 9.17) is 0 Å². The van der Waals surface area contributed by atoms with Gasteiger partial charge >= 0.3 is 0 Å². The molecule has 6 rings (SSSR count). The summed E-state index contributed by atoms with van der Waals surface area (Å²) in [4.78, 5) is 154. The van der Waals surface area contributed by atoms with Crippen molar-refractivity contribution in [2.45, 2.75) is 45.4 Å². The monoisotopic (exact) mass is 1180 g/mol. The van der Waals surface area contributed by atoms with Crippen LogP contribution in [0.5, 0.6) is 0 Å². The van der Waals surface area contributed by atoms with Gasteiger partial charge in [-0.25, -0.2) is 15.0 Å². The molecule has 32 nitrogen and oxygen atoms in total. The Hall–Kier alpha value is -10.4. The van der Waals surface area contributed by atoms with Gasteiger partial charge in [0.05, 0.1) is 17.1 Å². The molecule has 0 atom stereocenters. The van der Waals surface area contributed by atoms with E-state index in [9.17, 15) is 52.7 Å². The summed E-state index contributed by atoms with van der Waals surface area (Å²) in [6.45, 7) is 2.86. The van der Waals surface area contributed by atoms with Crippen molar-refractivity contribution in [1.29, 1.82) is 0 Å². The number of aryl methyl sites for hydroxylation is 6. The normalized spacial score (nSPS) is 10.9. The molecule has 0 aliphatic carbocycles. The summed E-state index contributed by atoms with van der Waals surface area (Å²) in [5.74, 6) is -5.05. The maximum Gasteiger partial charge on any atom is 0.292 e. The van der Waals surface area contributed by atoms with Gasteiger partial charge in [-0.2, -0.15) is 0 Å². The minimum absolute atomic E-state index is 0.0158. The number of nitrogens with one attached hydrogen (secondary N) is 11. The van der Waals surface area contributed by atoms with Gasteiger partial charge < -0.3 is 90.8 Å². The summed E-state index contributed by atoms with van der Waals surface area (Å²) < 4.78 is 8.76. The van der Waals surface area contributed by atoms with Crippen LogP contribution in [0.1, 0.15) is 109 Å². The molecular weight excluding hydrogens is 1110 g/mol. The van der Waals surface area contributed by atoms with Crippen LogP contribution in [0.2, 0.25) is 0 Å². The third-order valence-electron chi connectivity index (χ3n) is 12.5. The molecule has 0 radical (unpaired) electrons. The number of hydrogen-bond acceptors (Lipinski definition) is 15. The highest BCUT2D eigenvalue weighted by atomic mass is 16.2. The Morgan fingerprint density at radius 1 is 0.376 bits per heavy atom. The Kier molecular flexibility index (Phi) is 22.2. The Labute approximate surface area is 487 Å². The lowest BCUT2D eigenvalue weighted by Gasteiger charge is -2.10. The van der Waals surface area contributed by atoms with Crippen LogP contribution < -0.4 is 58.5 Å². The van der Waals surface area contributed by atoms with Crippen LogP contribution in [0.3, 0.4) is 0 Å². The van der Waals surface area contributed by atoms with Gasteiger partial charge in [-0.15, -0.1) is 0 Å². The molecule has 0 saturated heterocycles. The van der Waals surface area contributed by atoms with Crippen LogP contribution in [0.4, 0.5) is 34.5 Å². The zero-order valence-electron chi connectivity index (χ0n) is 48.6. The maximum absolute atomic E-state index is 13.2. The molecule has 85 heavy (non-hydrogen) atoms. The number of rotatable bonds is 29. The van der Waals surface area contributed by atoms with Crippen molar-refractivity contribution in [3.63, 3.8) is 0 Å². The van der Waals surface area contributed by atoms with Crippen molar-refractivity contribution in [1.82, 2.24) is 73.8 Å². The number of carbonyl (C=O) groups is 11. The molecule has 6 aromatic heterocycles. The van der Waals surface area contributed by atoms with Gasteiger partial charge in [0.15, 0.2) is 17.5 Å². The molecule has 32 heteroatoms. The molecule has 11 amide bonds. The van der Waals surface area contributed by atoms with E-state index in [-0.39, 0.29) is 122 Å². The van der Waals surface area contributed by atoms with Crippen LogP contribution in [-0.2, 0) is 66.3 Å². The average molecular weight is 1180 g/mol. The van der Waals surface area contributed by atoms with E-state index in [2.05, 4.69) is 73.4 Å². The second-order valence-electron chi connectivity index (χ2n) is 20.0. The van der Waals surface area contributed by atoms with Crippen molar-refractivity contribution in [2.75, 3.05) is 85.3 Å². The minimum Gasteiger partial charge on any atom is -0.356 e. The van der Waals surface area contributed by atoms with Gasteiger partial charge in [0.25, 0.3) is 35.4 Å². The number of nitrogens with zero attached hydrogens (tertiary/aromatic N) is 10. The lowest BCUT2D eigenvalue weighted by molar-refractivity contribution is -0.121. The first-order valence-corrected chi connectivity index (χ1v) is 26.8. The van der Waals surface area contributed by atoms with E-state index in [1.165, 1.54) is 77.3 Å². The average Bonchev–Trinajstić information content (AvgIpc) is 3.90. The highest BCUT2D eigenvalue weighted by Crippen LogP contribution is 2.18. The summed E-state index contributed by atoms with van der Waals surface area (Å²) in [6, 6.07) is 4.46. The molecule has 0 unspecified atom stereocenters. The smallest absolute Gasteiger partial charge is 0.292 e. The van der Waals surface area contributed by atoms with Crippen LogP contribution in [-0.4, -0.2) is 166 Å². The first kappa shape index (κ1) is 63.8. The van der Waals surface area contributed by atoms with Crippen LogP contribution >= 0.6 is 0 Å². The molecular formula is C53H71N21O11. The number of hydrogen-bond donors (Lipinski definition) is 11. The molecule has 11 N–H and O–H groups in total. The van der Waals surface area contributed by atoms with Crippen molar-refractivity contribution in [3.05, 3.63) is 89.9 Å². The highest BCUT2D eigenvalue weighted by molar-refractivity contribution is 6.05. The molecule has 0 aliphatic rings. The third kappa shape index (κ3) is 18.8. The fourth-order valence-electron chi connectivity index (χ4n) is 8.37. The zero-order valence-corrected chi connectivity index (χ0v) is 48.6. The molecule has 454 valence electrons. The number of carbonyl (C=O) groups excluding carboxylic acids is 11. The summed E-state index contributed by atoms with van der Waals surface area (Å²) in [5, 5.41) is 29.3. The quantitative estimate of drug-likeness (QED) is 0.0280. The fourth-order valence-corrected chi connectivity index (χ4v) is 8.37. The summed E-state index contributed by atoms with van der Waals surface area (Å²) in [5.41, 5.74) is 1.86. The van der Waals surface area contributed by atoms with Crippen molar-refractivity contribution in [3.8, 4) is 0 Å². The summed E-state index contributed by atoms with van der Waals surface area (Å²) in [7, 11) is 13.4. The van der Waals surface area contributed by atoms with E-state index in [1.54, 1.807) is 54.7 Å². The fraction of sp³-hybridized carbons (Fsp3) is 0.396. The van der Waals surface area contributed by atoms with Gasteiger partial charge in [-0.05, 0) is 51.7 Å². The van der Waals surface area contributed by atoms with E-state index in [1.807, 2.05) is 19.0 Å². The number of anilines is 6. The van der Waals surface area contributed by atoms with Crippen LogP contribution in [0, 0.1) is 0 Å². The molecule has 6 aromatic rings. The lowest BCUT2D eigenvalue weighted by Crippen LogP contribution is -2.32. The highest BCUT2D eigenvalue weighted by Gasteiger charge is 2.23. The third-order valence-corrected chi connectivity index (χ3v) is 12.5. The second kappa shape index (κ2) is 29.5. The maximum atomic E-state index is 13.2. The molecule has 0 aromatic carbocycles. The first-order valence-electron chi connectivity index (χ1n) is 26.8. The van der Waals surface area contributed by atoms with Crippen LogP contribution in [0.25, 0.3) is 0 Å². The van der Waals surface area contributed by atoms with Crippen LogP contribution in [0.15, 0.2) is 55.4 Å². The Balaban J connectivity index is 0.853. The van der Waals surface area contributed by atoms with Gasteiger partial charge in [-0.1, -0.05) is 0 Å². The number of aromatic nitrogens is 9. The Morgan fingerprint density at radius 3 is 1.20 bits per heavy atom. The summed E-state index contributed by atoms with van der Waals surface area (Å²) >= 11 is 0. The molecule has 0 saturated carbocycles. The topological polar surface area (TPSA) is 392 Å². The van der Waals surface area contributed by atoms with Crippen molar-refractivity contribution >= 4 is 99.5 Å². The predicted molar refractivity (Wildman–Crippen MR) is 311 cm³/mol. The lowest BCUT2D eigenvalue weighted by atomic mass is 10.3. The number of imidazole rings is 3. The number of amides is 11. The van der Waals surface area contributed by atoms with Crippen molar-refractivity contribution < 1.29 is 52.7 Å².